The maximum absolute atomic E-state index is 5.83. The lowest BCUT2D eigenvalue weighted by atomic mass is 9.94. The molecule has 84 valence electrons. The van der Waals surface area contributed by atoms with Crippen LogP contribution >= 0.6 is 0 Å². The quantitative estimate of drug-likeness (QED) is 0.777. The lowest BCUT2D eigenvalue weighted by molar-refractivity contribution is 0.278. The van der Waals surface area contributed by atoms with Gasteiger partial charge < -0.3 is 5.73 Å². The minimum Gasteiger partial charge on any atom is -0.330 e. The summed E-state index contributed by atoms with van der Waals surface area (Å²) in [4.78, 5) is 2.39. The lowest BCUT2D eigenvalue weighted by Crippen LogP contribution is -2.25. The Morgan fingerprint density at radius 1 is 1.53 bits per heavy atom. The van der Waals surface area contributed by atoms with E-state index in [0.717, 1.165) is 18.8 Å². The Morgan fingerprint density at radius 2 is 2.27 bits per heavy atom. The molecule has 2 atom stereocenters. The molecule has 1 aromatic heterocycles. The Kier molecular flexibility index (Phi) is 2.80. The Balaban J connectivity index is 2.31. The van der Waals surface area contributed by atoms with Crippen molar-refractivity contribution in [3.05, 3.63) is 17.5 Å². The fourth-order valence-corrected chi connectivity index (χ4v) is 2.67. The van der Waals surface area contributed by atoms with Gasteiger partial charge >= 0.3 is 0 Å². The number of hydrogen-bond acceptors (Lipinski definition) is 3. The summed E-state index contributed by atoms with van der Waals surface area (Å²) in [5, 5.41) is 4.41. The van der Waals surface area contributed by atoms with Crippen molar-refractivity contribution in [2.75, 3.05) is 20.1 Å². The van der Waals surface area contributed by atoms with E-state index < -0.39 is 0 Å². The number of rotatable bonds is 2. The van der Waals surface area contributed by atoms with E-state index in [2.05, 4.69) is 30.2 Å². The summed E-state index contributed by atoms with van der Waals surface area (Å²) in [5.74, 6) is 0.581. The molecule has 0 aromatic carbocycles. The minimum atomic E-state index is 0.462. The number of aryl methyl sites for hydroxylation is 2. The molecular formula is C11H20N4. The van der Waals surface area contributed by atoms with Crippen LogP contribution in [-0.2, 0) is 7.05 Å². The molecule has 1 saturated heterocycles. The second kappa shape index (κ2) is 3.94. The first-order valence-corrected chi connectivity index (χ1v) is 5.54. The van der Waals surface area contributed by atoms with Gasteiger partial charge in [0.2, 0.25) is 0 Å². The maximum Gasteiger partial charge on any atom is 0.0641 e. The molecule has 0 radical (unpaired) electrons. The number of nitrogens with two attached hydrogens (primary N) is 1. The van der Waals surface area contributed by atoms with Crippen LogP contribution in [0.15, 0.2) is 6.20 Å². The fraction of sp³-hybridized carbons (Fsp3) is 0.727. The number of nitrogens with zero attached hydrogens (tertiary/aromatic N) is 3. The SMILES string of the molecule is Cc1nn(C)cc1C1C(CN)CCN1C. The summed E-state index contributed by atoms with van der Waals surface area (Å²) in [6.07, 6.45) is 3.33. The predicted molar refractivity (Wildman–Crippen MR) is 60.5 cm³/mol. The molecule has 0 spiro atoms. The smallest absolute Gasteiger partial charge is 0.0641 e. The van der Waals surface area contributed by atoms with Gasteiger partial charge in [0.05, 0.1) is 5.69 Å². The summed E-state index contributed by atoms with van der Waals surface area (Å²) in [7, 11) is 4.15. The topological polar surface area (TPSA) is 47.1 Å². The van der Waals surface area contributed by atoms with Crippen LogP contribution < -0.4 is 5.73 Å². The molecule has 0 aliphatic carbocycles. The van der Waals surface area contributed by atoms with Crippen LogP contribution in [0, 0.1) is 12.8 Å². The van der Waals surface area contributed by atoms with Crippen molar-refractivity contribution in [3.8, 4) is 0 Å². The van der Waals surface area contributed by atoms with Crippen molar-refractivity contribution in [1.82, 2.24) is 14.7 Å². The molecular weight excluding hydrogens is 188 g/mol. The average Bonchev–Trinajstić information content (AvgIpc) is 2.69. The third-order valence-corrected chi connectivity index (χ3v) is 3.45. The van der Waals surface area contributed by atoms with Gasteiger partial charge in [-0.1, -0.05) is 0 Å². The molecule has 2 unspecified atom stereocenters. The van der Waals surface area contributed by atoms with Crippen molar-refractivity contribution in [3.63, 3.8) is 0 Å². The van der Waals surface area contributed by atoms with Gasteiger partial charge in [0.25, 0.3) is 0 Å². The zero-order valence-electron chi connectivity index (χ0n) is 9.77. The molecule has 2 heterocycles. The zero-order chi connectivity index (χ0) is 11.0. The molecule has 1 aliphatic rings. The first kappa shape index (κ1) is 10.6. The van der Waals surface area contributed by atoms with Gasteiger partial charge in [-0.25, -0.2) is 0 Å². The Hall–Kier alpha value is -0.870. The van der Waals surface area contributed by atoms with Gasteiger partial charge in [0, 0.05) is 24.8 Å². The standard InChI is InChI=1S/C11H20N4/c1-8-10(7-15(3)13-8)11-9(6-12)4-5-14(11)2/h7,9,11H,4-6,12H2,1-3H3. The Labute approximate surface area is 91.1 Å². The molecule has 1 aromatic rings. The molecule has 4 heteroatoms. The molecule has 4 nitrogen and oxygen atoms in total. The van der Waals surface area contributed by atoms with Crippen molar-refractivity contribution < 1.29 is 0 Å². The summed E-state index contributed by atoms with van der Waals surface area (Å²) in [6, 6.07) is 0.462. The maximum atomic E-state index is 5.83. The second-order valence-corrected chi connectivity index (χ2v) is 4.55. The lowest BCUT2D eigenvalue weighted by Gasteiger charge is -2.23. The number of aromatic nitrogens is 2. The van der Waals surface area contributed by atoms with Crippen LogP contribution in [-0.4, -0.2) is 34.8 Å². The molecule has 1 fully saturated rings. The summed E-state index contributed by atoms with van der Waals surface area (Å²) < 4.78 is 1.89. The van der Waals surface area contributed by atoms with Crippen LogP contribution in [0.3, 0.4) is 0 Å². The third kappa shape index (κ3) is 1.79. The van der Waals surface area contributed by atoms with E-state index in [-0.39, 0.29) is 0 Å². The normalized spacial score (nSPS) is 27.5. The van der Waals surface area contributed by atoms with E-state index in [0.29, 0.717) is 12.0 Å². The first-order valence-electron chi connectivity index (χ1n) is 5.54. The molecule has 2 N–H and O–H groups in total. The van der Waals surface area contributed by atoms with Gasteiger partial charge in [-0.2, -0.15) is 5.10 Å². The van der Waals surface area contributed by atoms with Crippen LogP contribution in [0.4, 0.5) is 0 Å². The van der Waals surface area contributed by atoms with Crippen molar-refractivity contribution >= 4 is 0 Å². The average molecular weight is 208 g/mol. The fourth-order valence-electron chi connectivity index (χ4n) is 2.67. The van der Waals surface area contributed by atoms with Crippen molar-refractivity contribution in [1.29, 1.82) is 0 Å². The van der Waals surface area contributed by atoms with Crippen molar-refractivity contribution in [2.45, 2.75) is 19.4 Å². The van der Waals surface area contributed by atoms with Crippen LogP contribution in [0.2, 0.25) is 0 Å². The Bertz CT molecular complexity index is 344. The highest BCUT2D eigenvalue weighted by Gasteiger charge is 2.33. The molecule has 0 amide bonds. The van der Waals surface area contributed by atoms with Crippen LogP contribution in [0.25, 0.3) is 0 Å². The third-order valence-electron chi connectivity index (χ3n) is 3.45. The van der Waals surface area contributed by atoms with Crippen LogP contribution in [0.1, 0.15) is 23.7 Å². The van der Waals surface area contributed by atoms with E-state index >= 15 is 0 Å². The highest BCUT2D eigenvalue weighted by molar-refractivity contribution is 5.22. The molecule has 0 saturated carbocycles. The van der Waals surface area contributed by atoms with Crippen LogP contribution in [0.5, 0.6) is 0 Å². The summed E-state index contributed by atoms with van der Waals surface area (Å²) in [5.41, 5.74) is 8.30. The van der Waals surface area contributed by atoms with Gasteiger partial charge in [-0.05, 0) is 39.4 Å². The molecule has 15 heavy (non-hydrogen) atoms. The second-order valence-electron chi connectivity index (χ2n) is 4.55. The van der Waals surface area contributed by atoms with Gasteiger partial charge in [-0.15, -0.1) is 0 Å². The monoisotopic (exact) mass is 208 g/mol. The minimum absolute atomic E-state index is 0.462. The Morgan fingerprint density at radius 3 is 2.80 bits per heavy atom. The van der Waals surface area contributed by atoms with Gasteiger partial charge in [0.15, 0.2) is 0 Å². The highest BCUT2D eigenvalue weighted by atomic mass is 15.3. The van der Waals surface area contributed by atoms with Gasteiger partial charge in [-0.3, -0.25) is 9.58 Å². The first-order chi connectivity index (χ1) is 7.13. The zero-order valence-corrected chi connectivity index (χ0v) is 9.77. The van der Waals surface area contributed by atoms with E-state index in [9.17, 15) is 0 Å². The van der Waals surface area contributed by atoms with Gasteiger partial charge in [0.1, 0.15) is 0 Å². The predicted octanol–water partition coefficient (Wildman–Crippen LogP) is 0.680. The van der Waals surface area contributed by atoms with E-state index in [1.54, 1.807) is 0 Å². The summed E-state index contributed by atoms with van der Waals surface area (Å²) >= 11 is 0. The van der Waals surface area contributed by atoms with Crippen molar-refractivity contribution in [2.24, 2.45) is 18.7 Å². The molecule has 0 bridgehead atoms. The number of likely N-dealkylation sites (tertiary alicyclic amines) is 1. The van der Waals surface area contributed by atoms with E-state index in [4.69, 9.17) is 5.73 Å². The molecule has 1 aliphatic heterocycles. The highest BCUT2D eigenvalue weighted by Crippen LogP contribution is 2.36. The van der Waals surface area contributed by atoms with E-state index in [1.165, 1.54) is 12.0 Å². The molecule has 2 rings (SSSR count). The largest absolute Gasteiger partial charge is 0.330 e. The summed E-state index contributed by atoms with van der Waals surface area (Å²) in [6.45, 7) is 3.99. The van der Waals surface area contributed by atoms with E-state index in [1.807, 2.05) is 11.7 Å². The number of hydrogen-bond donors (Lipinski definition) is 1.